The lowest BCUT2D eigenvalue weighted by Crippen LogP contribution is -2.46. The van der Waals surface area contributed by atoms with Gasteiger partial charge in [0.05, 0.1) is 11.8 Å². The van der Waals surface area contributed by atoms with Crippen LogP contribution in [0, 0.1) is 0 Å². The van der Waals surface area contributed by atoms with Crippen LogP contribution in [0.25, 0.3) is 0 Å². The average Bonchev–Trinajstić information content (AvgIpc) is 2.63. The molecule has 2 heterocycles. The number of piperidine rings is 1. The molecule has 0 atom stereocenters. The Hall–Kier alpha value is -2.28. The highest BCUT2D eigenvalue weighted by molar-refractivity contribution is 9.10. The molecule has 124 valence electrons. The van der Waals surface area contributed by atoms with Crippen molar-refractivity contribution >= 4 is 27.7 Å². The van der Waals surface area contributed by atoms with Gasteiger partial charge in [-0.15, -0.1) is 0 Å². The lowest BCUT2D eigenvalue weighted by Gasteiger charge is -2.32. The summed E-state index contributed by atoms with van der Waals surface area (Å²) in [7, 11) is 0. The Kier molecular flexibility index (Phi) is 5.20. The van der Waals surface area contributed by atoms with Crippen molar-refractivity contribution in [2.45, 2.75) is 18.9 Å². The molecule has 7 heteroatoms. The van der Waals surface area contributed by atoms with Crippen molar-refractivity contribution in [1.82, 2.24) is 20.2 Å². The van der Waals surface area contributed by atoms with Crippen LogP contribution in [0.4, 0.5) is 0 Å². The van der Waals surface area contributed by atoms with Crippen molar-refractivity contribution < 1.29 is 9.59 Å². The van der Waals surface area contributed by atoms with Crippen molar-refractivity contribution in [3.8, 4) is 0 Å². The van der Waals surface area contributed by atoms with E-state index >= 15 is 0 Å². The number of aromatic nitrogens is 2. The van der Waals surface area contributed by atoms with Gasteiger partial charge in [0.25, 0.3) is 11.8 Å². The molecule has 0 radical (unpaired) electrons. The number of carbonyl (C=O) groups excluding carboxylic acids is 2. The molecule has 3 rings (SSSR count). The van der Waals surface area contributed by atoms with E-state index in [1.807, 2.05) is 18.2 Å². The standard InChI is InChI=1S/C17H17BrN4O2/c18-14-4-2-1-3-13(14)16(23)21-12-5-9-22(10-6-12)17(24)15-11-19-7-8-20-15/h1-4,7-8,11-12H,5-6,9-10H2,(H,21,23). The number of benzene rings is 1. The first-order valence-corrected chi connectivity index (χ1v) is 8.55. The van der Waals surface area contributed by atoms with Crippen molar-refractivity contribution in [3.63, 3.8) is 0 Å². The fraction of sp³-hybridized carbons (Fsp3) is 0.294. The van der Waals surface area contributed by atoms with E-state index < -0.39 is 0 Å². The predicted molar refractivity (Wildman–Crippen MR) is 92.6 cm³/mol. The van der Waals surface area contributed by atoms with Crippen LogP contribution in [-0.2, 0) is 0 Å². The molecule has 1 aliphatic heterocycles. The lowest BCUT2D eigenvalue weighted by atomic mass is 10.0. The summed E-state index contributed by atoms with van der Waals surface area (Å²) in [5.41, 5.74) is 0.976. The van der Waals surface area contributed by atoms with E-state index in [1.165, 1.54) is 12.4 Å². The Morgan fingerprint density at radius 1 is 1.17 bits per heavy atom. The molecule has 1 fully saturated rings. The van der Waals surface area contributed by atoms with Crippen LogP contribution in [0.2, 0.25) is 0 Å². The van der Waals surface area contributed by atoms with E-state index in [0.717, 1.165) is 17.3 Å². The van der Waals surface area contributed by atoms with Crippen LogP contribution in [0.5, 0.6) is 0 Å². The van der Waals surface area contributed by atoms with Gasteiger partial charge in [0.15, 0.2) is 0 Å². The highest BCUT2D eigenvalue weighted by Gasteiger charge is 2.25. The summed E-state index contributed by atoms with van der Waals surface area (Å²) >= 11 is 3.39. The zero-order chi connectivity index (χ0) is 16.9. The molecule has 1 aromatic carbocycles. The molecule has 2 amide bonds. The lowest BCUT2D eigenvalue weighted by molar-refractivity contribution is 0.0692. The fourth-order valence-corrected chi connectivity index (χ4v) is 3.17. The molecule has 1 aliphatic rings. The Bertz CT molecular complexity index is 730. The molecule has 2 aromatic rings. The normalized spacial score (nSPS) is 15.1. The first-order chi connectivity index (χ1) is 11.6. The summed E-state index contributed by atoms with van der Waals surface area (Å²) in [5, 5.41) is 3.04. The summed E-state index contributed by atoms with van der Waals surface area (Å²) < 4.78 is 0.776. The Balaban J connectivity index is 1.55. The van der Waals surface area contributed by atoms with Gasteiger partial charge in [-0.1, -0.05) is 12.1 Å². The first kappa shape index (κ1) is 16.6. The van der Waals surface area contributed by atoms with Gasteiger partial charge in [0.2, 0.25) is 0 Å². The van der Waals surface area contributed by atoms with Gasteiger partial charge >= 0.3 is 0 Å². The number of nitrogens with one attached hydrogen (secondary N) is 1. The number of rotatable bonds is 3. The number of hydrogen-bond donors (Lipinski definition) is 1. The van der Waals surface area contributed by atoms with Gasteiger partial charge in [0.1, 0.15) is 5.69 Å². The minimum Gasteiger partial charge on any atom is -0.349 e. The molecule has 0 saturated carbocycles. The Labute approximate surface area is 148 Å². The van der Waals surface area contributed by atoms with Crippen LogP contribution in [-0.4, -0.2) is 45.8 Å². The quantitative estimate of drug-likeness (QED) is 0.874. The Morgan fingerprint density at radius 3 is 2.58 bits per heavy atom. The maximum Gasteiger partial charge on any atom is 0.274 e. The molecule has 1 saturated heterocycles. The smallest absolute Gasteiger partial charge is 0.274 e. The minimum absolute atomic E-state index is 0.0653. The van der Waals surface area contributed by atoms with Gasteiger partial charge < -0.3 is 10.2 Å². The third kappa shape index (κ3) is 3.79. The minimum atomic E-state index is -0.112. The summed E-state index contributed by atoms with van der Waals surface area (Å²) in [5.74, 6) is -0.208. The fourth-order valence-electron chi connectivity index (χ4n) is 2.71. The molecule has 6 nitrogen and oxygen atoms in total. The Morgan fingerprint density at radius 2 is 1.92 bits per heavy atom. The largest absolute Gasteiger partial charge is 0.349 e. The SMILES string of the molecule is O=C(NC1CCN(C(=O)c2cnccn2)CC1)c1ccccc1Br. The number of likely N-dealkylation sites (tertiary alicyclic amines) is 1. The number of nitrogens with zero attached hydrogens (tertiary/aromatic N) is 3. The monoisotopic (exact) mass is 388 g/mol. The van der Waals surface area contributed by atoms with Gasteiger partial charge in [-0.05, 0) is 40.9 Å². The predicted octanol–water partition coefficient (Wildman–Crippen LogP) is 2.27. The number of halogens is 1. The number of hydrogen-bond acceptors (Lipinski definition) is 4. The second-order valence-corrected chi connectivity index (χ2v) is 6.46. The van der Waals surface area contributed by atoms with E-state index in [4.69, 9.17) is 0 Å². The highest BCUT2D eigenvalue weighted by atomic mass is 79.9. The zero-order valence-corrected chi connectivity index (χ0v) is 14.6. The average molecular weight is 389 g/mol. The molecule has 0 unspecified atom stereocenters. The van der Waals surface area contributed by atoms with Gasteiger partial charge in [0, 0.05) is 36.0 Å². The molecule has 0 aliphatic carbocycles. The van der Waals surface area contributed by atoms with Crippen LogP contribution < -0.4 is 5.32 Å². The maximum atomic E-state index is 12.3. The maximum absolute atomic E-state index is 12.3. The molecule has 0 bridgehead atoms. The number of carbonyl (C=O) groups is 2. The van der Waals surface area contributed by atoms with Gasteiger partial charge in [-0.2, -0.15) is 0 Å². The van der Waals surface area contributed by atoms with E-state index in [-0.39, 0.29) is 17.9 Å². The molecular weight excluding hydrogens is 372 g/mol. The van der Waals surface area contributed by atoms with Crippen molar-refractivity contribution in [3.05, 3.63) is 58.6 Å². The summed E-state index contributed by atoms with van der Waals surface area (Å²) in [6.45, 7) is 1.19. The van der Waals surface area contributed by atoms with E-state index in [0.29, 0.717) is 24.3 Å². The van der Waals surface area contributed by atoms with Gasteiger partial charge in [-0.3, -0.25) is 14.6 Å². The molecular formula is C17H17BrN4O2. The molecule has 1 N–H and O–H groups in total. The van der Waals surface area contributed by atoms with Crippen molar-refractivity contribution in [1.29, 1.82) is 0 Å². The first-order valence-electron chi connectivity index (χ1n) is 7.76. The third-order valence-electron chi connectivity index (χ3n) is 4.02. The van der Waals surface area contributed by atoms with Crippen LogP contribution in [0.3, 0.4) is 0 Å². The molecule has 24 heavy (non-hydrogen) atoms. The second-order valence-electron chi connectivity index (χ2n) is 5.61. The van der Waals surface area contributed by atoms with Crippen LogP contribution >= 0.6 is 15.9 Å². The summed E-state index contributed by atoms with van der Waals surface area (Å²) in [6.07, 6.45) is 5.98. The topological polar surface area (TPSA) is 75.2 Å². The zero-order valence-electron chi connectivity index (χ0n) is 13.0. The third-order valence-corrected chi connectivity index (χ3v) is 4.71. The van der Waals surface area contributed by atoms with Crippen molar-refractivity contribution in [2.24, 2.45) is 0 Å². The molecule has 1 aromatic heterocycles. The molecule has 0 spiro atoms. The number of amides is 2. The van der Waals surface area contributed by atoms with Gasteiger partial charge in [-0.25, -0.2) is 4.98 Å². The van der Waals surface area contributed by atoms with Crippen LogP contribution in [0.15, 0.2) is 47.3 Å². The van der Waals surface area contributed by atoms with Crippen molar-refractivity contribution in [2.75, 3.05) is 13.1 Å². The van der Waals surface area contributed by atoms with Crippen LogP contribution in [0.1, 0.15) is 33.7 Å². The van der Waals surface area contributed by atoms with E-state index in [1.54, 1.807) is 17.2 Å². The summed E-state index contributed by atoms with van der Waals surface area (Å²) in [4.78, 5) is 34.4. The van der Waals surface area contributed by atoms with E-state index in [2.05, 4.69) is 31.2 Å². The summed E-state index contributed by atoms with van der Waals surface area (Å²) in [6, 6.07) is 7.40. The highest BCUT2D eigenvalue weighted by Crippen LogP contribution is 2.18. The second kappa shape index (κ2) is 7.53. The van der Waals surface area contributed by atoms with E-state index in [9.17, 15) is 9.59 Å².